The molecule has 3 aliphatic rings. The van der Waals surface area contributed by atoms with Crippen LogP contribution < -0.4 is 0 Å². The number of phenols is 1. The summed E-state index contributed by atoms with van der Waals surface area (Å²) in [5.41, 5.74) is 3.17. The van der Waals surface area contributed by atoms with Crippen LogP contribution in [0.3, 0.4) is 0 Å². The minimum absolute atomic E-state index is 0.0906. The molecule has 1 aromatic rings. The third-order valence-corrected chi connectivity index (χ3v) is 6.74. The van der Waals surface area contributed by atoms with E-state index in [0.29, 0.717) is 34.8 Å². The second-order valence-electron chi connectivity index (χ2n) is 8.15. The van der Waals surface area contributed by atoms with Crippen LogP contribution in [0.2, 0.25) is 0 Å². The molecule has 2 heteroatoms. The number of aryl methyl sites for hydroxylation is 1. The van der Waals surface area contributed by atoms with Crippen LogP contribution >= 0.6 is 0 Å². The van der Waals surface area contributed by atoms with Crippen LogP contribution in [0.5, 0.6) is 5.75 Å². The summed E-state index contributed by atoms with van der Waals surface area (Å²) in [5.74, 6) is 3.09. The van der Waals surface area contributed by atoms with Crippen molar-refractivity contribution in [3.8, 4) is 5.75 Å². The molecule has 0 radical (unpaired) electrons. The van der Waals surface area contributed by atoms with Crippen molar-refractivity contribution < 1.29 is 10.2 Å². The maximum atomic E-state index is 10.2. The van der Waals surface area contributed by atoms with Gasteiger partial charge >= 0.3 is 0 Å². The molecule has 2 saturated carbocycles. The van der Waals surface area contributed by atoms with Crippen LogP contribution in [-0.4, -0.2) is 16.3 Å². The Balaban J connectivity index is 1.75. The zero-order chi connectivity index (χ0) is 14.8. The van der Waals surface area contributed by atoms with Gasteiger partial charge in [-0.1, -0.05) is 19.9 Å². The topological polar surface area (TPSA) is 40.5 Å². The van der Waals surface area contributed by atoms with Crippen molar-refractivity contribution in [2.24, 2.45) is 23.2 Å². The number of benzene rings is 1. The fourth-order valence-electron chi connectivity index (χ4n) is 6.19. The number of aliphatic hydroxyl groups excluding tert-OH is 1. The summed E-state index contributed by atoms with van der Waals surface area (Å²) in [7, 11) is 0. The Kier molecular flexibility index (Phi) is 2.91. The molecule has 0 amide bonds. The number of fused-ring (bicyclic) bond motifs is 5. The van der Waals surface area contributed by atoms with Gasteiger partial charge in [-0.3, -0.25) is 0 Å². The predicted octanol–water partition coefficient (Wildman–Crippen LogP) is 3.86. The first-order valence-corrected chi connectivity index (χ1v) is 8.48. The van der Waals surface area contributed by atoms with Crippen molar-refractivity contribution in [3.05, 3.63) is 29.3 Å². The summed E-state index contributed by atoms with van der Waals surface area (Å²) < 4.78 is 0. The van der Waals surface area contributed by atoms with E-state index in [2.05, 4.69) is 19.9 Å². The van der Waals surface area contributed by atoms with Gasteiger partial charge in [-0.15, -0.1) is 0 Å². The lowest BCUT2D eigenvalue weighted by atomic mass is 9.52. The highest BCUT2D eigenvalue weighted by atomic mass is 16.3. The highest BCUT2D eigenvalue weighted by Gasteiger charge is 2.54. The number of aromatic hydroxyl groups is 1. The Morgan fingerprint density at radius 1 is 1.24 bits per heavy atom. The number of hydrogen-bond acceptors (Lipinski definition) is 2. The lowest BCUT2D eigenvalue weighted by Crippen LogP contribution is -2.43. The molecule has 21 heavy (non-hydrogen) atoms. The fraction of sp³-hybridized carbons (Fsp3) is 0.684. The van der Waals surface area contributed by atoms with Crippen molar-refractivity contribution in [2.45, 2.75) is 58.0 Å². The molecule has 0 bridgehead atoms. The van der Waals surface area contributed by atoms with Crippen molar-refractivity contribution in [2.75, 3.05) is 0 Å². The Morgan fingerprint density at radius 3 is 2.86 bits per heavy atom. The van der Waals surface area contributed by atoms with E-state index in [9.17, 15) is 10.2 Å². The van der Waals surface area contributed by atoms with Gasteiger partial charge in [0.05, 0.1) is 6.10 Å². The second kappa shape index (κ2) is 4.49. The summed E-state index contributed by atoms with van der Waals surface area (Å²) in [5, 5.41) is 19.9. The highest BCUT2D eigenvalue weighted by Crippen LogP contribution is 2.62. The second-order valence-corrected chi connectivity index (χ2v) is 8.15. The normalized spacial score (nSPS) is 44.8. The van der Waals surface area contributed by atoms with Crippen LogP contribution in [0, 0.1) is 23.2 Å². The van der Waals surface area contributed by atoms with Gasteiger partial charge in [0.1, 0.15) is 5.75 Å². The fourth-order valence-corrected chi connectivity index (χ4v) is 6.19. The summed E-state index contributed by atoms with van der Waals surface area (Å²) in [4.78, 5) is 0. The molecule has 6 atom stereocenters. The van der Waals surface area contributed by atoms with E-state index < -0.39 is 0 Å². The molecule has 0 aromatic heterocycles. The van der Waals surface area contributed by atoms with E-state index in [4.69, 9.17) is 0 Å². The Morgan fingerprint density at radius 2 is 2.05 bits per heavy atom. The minimum Gasteiger partial charge on any atom is -0.508 e. The first-order valence-electron chi connectivity index (χ1n) is 8.48. The van der Waals surface area contributed by atoms with Crippen molar-refractivity contribution in [1.82, 2.24) is 0 Å². The molecule has 0 heterocycles. The average Bonchev–Trinajstić information content (AvgIpc) is 2.72. The number of rotatable bonds is 0. The van der Waals surface area contributed by atoms with Gasteiger partial charge in [0.15, 0.2) is 0 Å². The lowest BCUT2D eigenvalue weighted by molar-refractivity contribution is 0.0236. The third kappa shape index (κ3) is 1.95. The van der Waals surface area contributed by atoms with E-state index >= 15 is 0 Å². The lowest BCUT2D eigenvalue weighted by Gasteiger charge is -2.52. The van der Waals surface area contributed by atoms with Gasteiger partial charge in [0, 0.05) is 0 Å². The molecule has 4 rings (SSSR count). The maximum absolute atomic E-state index is 10.2. The van der Waals surface area contributed by atoms with Gasteiger partial charge in [-0.2, -0.15) is 0 Å². The molecule has 1 aromatic carbocycles. The van der Waals surface area contributed by atoms with Crippen LogP contribution in [0.1, 0.15) is 56.6 Å². The Hall–Kier alpha value is -1.02. The monoisotopic (exact) mass is 286 g/mol. The molecule has 2 fully saturated rings. The van der Waals surface area contributed by atoms with Crippen molar-refractivity contribution in [3.63, 3.8) is 0 Å². The molecule has 2 N–H and O–H groups in total. The molecule has 0 spiro atoms. The molecule has 0 saturated heterocycles. The predicted molar refractivity (Wildman–Crippen MR) is 83.3 cm³/mol. The van der Waals surface area contributed by atoms with E-state index in [-0.39, 0.29) is 6.10 Å². The summed E-state index contributed by atoms with van der Waals surface area (Å²) >= 11 is 0. The highest BCUT2D eigenvalue weighted by molar-refractivity contribution is 5.40. The number of aliphatic hydroxyl groups is 1. The first kappa shape index (κ1) is 13.6. The standard InChI is InChI=1S/C19H26O2/c1-11-9-19(2)10-14(21)8-17(19)16-5-3-12-7-13(20)4-6-15(12)18(11)16/h4,6-7,11,14,16-18,20-21H,3,5,8-10H2,1-2H3/t11-,14-,16-,17-,18+,19+/m0/s1. The SMILES string of the molecule is C[C@H]1C[C@]2(C)C[C@@H](O)C[C@H]2[C@@H]2CCc3cc(O)ccc3[C@H]21. The average molecular weight is 286 g/mol. The first-order chi connectivity index (χ1) is 9.98. The zero-order valence-electron chi connectivity index (χ0n) is 13.0. The van der Waals surface area contributed by atoms with Crippen LogP contribution in [0.25, 0.3) is 0 Å². The molecule has 114 valence electrons. The molecule has 2 nitrogen and oxygen atoms in total. The van der Waals surface area contributed by atoms with Crippen molar-refractivity contribution >= 4 is 0 Å². The van der Waals surface area contributed by atoms with E-state index in [1.165, 1.54) is 24.0 Å². The van der Waals surface area contributed by atoms with Crippen molar-refractivity contribution in [1.29, 1.82) is 0 Å². The Bertz CT molecular complexity index is 567. The van der Waals surface area contributed by atoms with Gasteiger partial charge in [0.2, 0.25) is 0 Å². The molecule has 3 aliphatic carbocycles. The van der Waals surface area contributed by atoms with Gasteiger partial charge in [-0.05, 0) is 84.5 Å². The van der Waals surface area contributed by atoms with Gasteiger partial charge in [-0.25, -0.2) is 0 Å². The summed E-state index contributed by atoms with van der Waals surface area (Å²) in [6.45, 7) is 4.80. The number of hydrogen-bond donors (Lipinski definition) is 2. The van der Waals surface area contributed by atoms with Gasteiger partial charge < -0.3 is 10.2 Å². The summed E-state index contributed by atoms with van der Waals surface area (Å²) in [6, 6.07) is 5.98. The quantitative estimate of drug-likeness (QED) is 0.760. The van der Waals surface area contributed by atoms with E-state index in [1.807, 2.05) is 12.1 Å². The maximum Gasteiger partial charge on any atom is 0.115 e. The van der Waals surface area contributed by atoms with E-state index in [1.54, 1.807) is 0 Å². The zero-order valence-corrected chi connectivity index (χ0v) is 13.0. The molecular formula is C19H26O2. The van der Waals surface area contributed by atoms with Crippen LogP contribution in [0.4, 0.5) is 0 Å². The number of phenolic OH excluding ortho intramolecular Hbond substituents is 1. The molecule has 0 unspecified atom stereocenters. The van der Waals surface area contributed by atoms with E-state index in [0.717, 1.165) is 19.3 Å². The smallest absolute Gasteiger partial charge is 0.115 e. The van der Waals surface area contributed by atoms with Crippen LogP contribution in [-0.2, 0) is 6.42 Å². The van der Waals surface area contributed by atoms with Crippen LogP contribution in [0.15, 0.2) is 18.2 Å². The minimum atomic E-state index is -0.0906. The molecular weight excluding hydrogens is 260 g/mol. The largest absolute Gasteiger partial charge is 0.508 e. The summed E-state index contributed by atoms with van der Waals surface area (Å²) in [6.07, 6.45) is 5.44. The van der Waals surface area contributed by atoms with Gasteiger partial charge in [0.25, 0.3) is 0 Å². The molecule has 0 aliphatic heterocycles. The third-order valence-electron chi connectivity index (χ3n) is 6.74. The Labute approximate surface area is 127 Å².